The van der Waals surface area contributed by atoms with Crippen LogP contribution < -0.4 is 19.7 Å². The number of urea groups is 1. The average Bonchev–Trinajstić information content (AvgIpc) is 2.68. The van der Waals surface area contributed by atoms with Gasteiger partial charge in [0.15, 0.2) is 0 Å². The molecule has 2 aromatic rings. The molecule has 4 amide bonds. The number of carbonyl (C=O) groups excluding carboxylic acids is 3. The van der Waals surface area contributed by atoms with Gasteiger partial charge in [0.05, 0.1) is 18.9 Å². The van der Waals surface area contributed by atoms with E-state index in [-0.39, 0.29) is 11.7 Å². The summed E-state index contributed by atoms with van der Waals surface area (Å²) in [7, 11) is 1.54. The summed E-state index contributed by atoms with van der Waals surface area (Å²) < 4.78 is 11.9. The van der Waals surface area contributed by atoms with Crippen LogP contribution in [0.5, 0.6) is 11.5 Å². The maximum atomic E-state index is 13.1. The molecule has 1 saturated heterocycles. The van der Waals surface area contributed by atoms with Gasteiger partial charge in [-0.15, -0.1) is 0 Å². The number of halogens is 1. The molecule has 0 saturated carbocycles. The van der Waals surface area contributed by atoms with Gasteiger partial charge in [0.25, 0.3) is 11.8 Å². The lowest BCUT2D eigenvalue weighted by molar-refractivity contribution is -0.122. The minimum Gasteiger partial charge on any atom is -0.497 e. The predicted octanol–water partition coefficient (Wildman–Crippen LogP) is 4.22. The van der Waals surface area contributed by atoms with E-state index in [1.165, 1.54) is 13.2 Å². The largest absolute Gasteiger partial charge is 0.497 e. The van der Waals surface area contributed by atoms with Gasteiger partial charge in [-0.1, -0.05) is 15.9 Å². The highest BCUT2D eigenvalue weighted by Crippen LogP contribution is 2.30. The number of anilines is 1. The van der Waals surface area contributed by atoms with Crippen molar-refractivity contribution >= 4 is 45.5 Å². The highest BCUT2D eigenvalue weighted by molar-refractivity contribution is 9.10. The molecule has 0 spiro atoms. The van der Waals surface area contributed by atoms with E-state index in [0.29, 0.717) is 22.7 Å². The molecular weight excluding hydrogens is 452 g/mol. The van der Waals surface area contributed by atoms with E-state index in [1.54, 1.807) is 36.4 Å². The third-order valence-corrected chi connectivity index (χ3v) is 5.27. The molecule has 30 heavy (non-hydrogen) atoms. The van der Waals surface area contributed by atoms with Crippen LogP contribution in [-0.4, -0.2) is 31.1 Å². The number of ether oxygens (including phenoxy) is 2. The molecule has 1 heterocycles. The van der Waals surface area contributed by atoms with Crippen molar-refractivity contribution in [1.82, 2.24) is 5.32 Å². The molecule has 3 rings (SSSR count). The van der Waals surface area contributed by atoms with Crippen LogP contribution in [0.15, 0.2) is 46.4 Å². The van der Waals surface area contributed by atoms with Crippen molar-refractivity contribution < 1.29 is 23.9 Å². The first-order valence-electron chi connectivity index (χ1n) is 9.23. The SMILES string of the molecule is COc1ccc(/C=C2/C(=O)NC(=O)N(c3ccc(Br)c(C)c3)C2=O)c(OC(C)C)c1. The van der Waals surface area contributed by atoms with E-state index in [9.17, 15) is 14.4 Å². The zero-order valence-electron chi connectivity index (χ0n) is 17.0. The van der Waals surface area contributed by atoms with Crippen molar-refractivity contribution in [1.29, 1.82) is 0 Å². The summed E-state index contributed by atoms with van der Waals surface area (Å²) in [6.45, 7) is 5.57. The first kappa shape index (κ1) is 21.6. The van der Waals surface area contributed by atoms with Gasteiger partial charge >= 0.3 is 6.03 Å². The number of hydrogen-bond donors (Lipinski definition) is 1. The smallest absolute Gasteiger partial charge is 0.335 e. The molecule has 1 N–H and O–H groups in total. The summed E-state index contributed by atoms with van der Waals surface area (Å²) in [5.41, 5.74) is 1.56. The Bertz CT molecular complexity index is 1060. The Morgan fingerprint density at radius 1 is 1.10 bits per heavy atom. The van der Waals surface area contributed by atoms with Gasteiger partial charge in [0.1, 0.15) is 17.1 Å². The molecule has 0 radical (unpaired) electrons. The number of amides is 4. The van der Waals surface area contributed by atoms with Gasteiger partial charge in [0, 0.05) is 16.1 Å². The molecule has 1 fully saturated rings. The topological polar surface area (TPSA) is 84.9 Å². The molecule has 0 aliphatic carbocycles. The van der Waals surface area contributed by atoms with E-state index in [0.717, 1.165) is 14.9 Å². The van der Waals surface area contributed by atoms with Gasteiger partial charge < -0.3 is 9.47 Å². The Labute approximate surface area is 182 Å². The number of nitrogens with one attached hydrogen (secondary N) is 1. The Balaban J connectivity index is 2.05. The summed E-state index contributed by atoms with van der Waals surface area (Å²) >= 11 is 3.39. The fraction of sp³-hybridized carbons (Fsp3) is 0.227. The molecule has 2 aromatic carbocycles. The Kier molecular flexibility index (Phi) is 6.26. The molecule has 0 unspecified atom stereocenters. The zero-order valence-corrected chi connectivity index (χ0v) is 18.6. The first-order chi connectivity index (χ1) is 14.2. The third kappa shape index (κ3) is 4.38. The Morgan fingerprint density at radius 3 is 2.47 bits per heavy atom. The summed E-state index contributed by atoms with van der Waals surface area (Å²) in [6.07, 6.45) is 1.29. The van der Waals surface area contributed by atoms with Crippen molar-refractivity contribution in [2.45, 2.75) is 26.9 Å². The maximum Gasteiger partial charge on any atom is 0.335 e. The number of aryl methyl sites for hydroxylation is 1. The van der Waals surface area contributed by atoms with Crippen LogP contribution >= 0.6 is 15.9 Å². The van der Waals surface area contributed by atoms with E-state index in [4.69, 9.17) is 9.47 Å². The lowest BCUT2D eigenvalue weighted by atomic mass is 10.1. The second-order valence-corrected chi connectivity index (χ2v) is 7.82. The number of benzene rings is 2. The quantitative estimate of drug-likeness (QED) is 0.520. The van der Waals surface area contributed by atoms with Gasteiger partial charge in [-0.05, 0) is 62.7 Å². The van der Waals surface area contributed by atoms with Crippen LogP contribution in [0.1, 0.15) is 25.0 Å². The highest BCUT2D eigenvalue weighted by atomic mass is 79.9. The van der Waals surface area contributed by atoms with Crippen LogP contribution in [0.3, 0.4) is 0 Å². The molecule has 8 heteroatoms. The predicted molar refractivity (Wildman–Crippen MR) is 117 cm³/mol. The lowest BCUT2D eigenvalue weighted by Crippen LogP contribution is -2.54. The van der Waals surface area contributed by atoms with Gasteiger partial charge in [0.2, 0.25) is 0 Å². The lowest BCUT2D eigenvalue weighted by Gasteiger charge is -2.27. The van der Waals surface area contributed by atoms with Gasteiger partial charge in [-0.2, -0.15) is 0 Å². The average molecular weight is 473 g/mol. The maximum absolute atomic E-state index is 13.1. The standard InChI is InChI=1S/C22H21BrN2O5/c1-12(2)30-19-11-16(29-4)7-5-14(19)10-17-20(26)24-22(28)25(21(17)27)15-6-8-18(23)13(3)9-15/h5-12H,1-4H3,(H,24,26,28)/b17-10-. The number of rotatable bonds is 5. The molecule has 0 aromatic heterocycles. The fourth-order valence-electron chi connectivity index (χ4n) is 2.93. The third-order valence-electron chi connectivity index (χ3n) is 4.38. The normalized spacial score (nSPS) is 15.6. The van der Waals surface area contributed by atoms with Gasteiger partial charge in [-0.3, -0.25) is 14.9 Å². The van der Waals surface area contributed by atoms with Crippen molar-refractivity contribution in [3.63, 3.8) is 0 Å². The molecular formula is C22H21BrN2O5. The number of barbiturate groups is 1. The second kappa shape index (κ2) is 8.71. The first-order valence-corrected chi connectivity index (χ1v) is 10.0. The fourth-order valence-corrected chi connectivity index (χ4v) is 3.18. The highest BCUT2D eigenvalue weighted by Gasteiger charge is 2.37. The van der Waals surface area contributed by atoms with Crippen molar-refractivity contribution in [2.24, 2.45) is 0 Å². The Morgan fingerprint density at radius 2 is 1.83 bits per heavy atom. The molecule has 1 aliphatic rings. The molecule has 156 valence electrons. The van der Waals surface area contributed by atoms with Crippen molar-refractivity contribution in [2.75, 3.05) is 12.0 Å². The van der Waals surface area contributed by atoms with E-state index in [1.807, 2.05) is 20.8 Å². The van der Waals surface area contributed by atoms with E-state index < -0.39 is 17.8 Å². The Hall–Kier alpha value is -3.13. The number of methoxy groups -OCH3 is 1. The molecule has 0 bridgehead atoms. The molecule has 0 atom stereocenters. The van der Waals surface area contributed by atoms with Crippen LogP contribution in [0.25, 0.3) is 6.08 Å². The number of imide groups is 2. The summed E-state index contributed by atoms with van der Waals surface area (Å²) in [5.74, 6) is -0.437. The minimum absolute atomic E-state index is 0.131. The van der Waals surface area contributed by atoms with Gasteiger partial charge in [-0.25, -0.2) is 9.69 Å². The zero-order chi connectivity index (χ0) is 22.0. The van der Waals surface area contributed by atoms with E-state index >= 15 is 0 Å². The number of hydrogen-bond acceptors (Lipinski definition) is 5. The van der Waals surface area contributed by atoms with Crippen LogP contribution in [-0.2, 0) is 9.59 Å². The molecule has 1 aliphatic heterocycles. The van der Waals surface area contributed by atoms with Crippen molar-refractivity contribution in [3.05, 3.63) is 57.6 Å². The van der Waals surface area contributed by atoms with Crippen LogP contribution in [0.2, 0.25) is 0 Å². The summed E-state index contributed by atoms with van der Waals surface area (Å²) in [5, 5.41) is 2.23. The number of carbonyl (C=O) groups is 3. The monoisotopic (exact) mass is 472 g/mol. The second-order valence-electron chi connectivity index (χ2n) is 6.96. The molecule has 7 nitrogen and oxygen atoms in total. The van der Waals surface area contributed by atoms with Crippen LogP contribution in [0, 0.1) is 6.92 Å². The van der Waals surface area contributed by atoms with E-state index in [2.05, 4.69) is 21.2 Å². The summed E-state index contributed by atoms with van der Waals surface area (Å²) in [6, 6.07) is 9.33. The minimum atomic E-state index is -0.794. The van der Waals surface area contributed by atoms with Crippen molar-refractivity contribution in [3.8, 4) is 11.5 Å². The number of nitrogens with zero attached hydrogens (tertiary/aromatic N) is 1. The van der Waals surface area contributed by atoms with Crippen LogP contribution in [0.4, 0.5) is 10.5 Å². The summed E-state index contributed by atoms with van der Waals surface area (Å²) in [4.78, 5) is 38.9.